The summed E-state index contributed by atoms with van der Waals surface area (Å²) < 4.78 is 5.02. The van der Waals surface area contributed by atoms with Crippen molar-refractivity contribution in [3.63, 3.8) is 0 Å². The zero-order valence-corrected chi connectivity index (χ0v) is 11.2. The Hall–Kier alpha value is -0.610. The van der Waals surface area contributed by atoms with Crippen molar-refractivity contribution in [1.29, 1.82) is 0 Å². The first kappa shape index (κ1) is 14.5. The van der Waals surface area contributed by atoms with Crippen LogP contribution >= 0.6 is 0 Å². The largest absolute Gasteiger partial charge is 0.465 e. The fourth-order valence-electron chi connectivity index (χ4n) is 2.22. The van der Waals surface area contributed by atoms with Gasteiger partial charge >= 0.3 is 5.97 Å². The van der Waals surface area contributed by atoms with Crippen LogP contribution in [0.5, 0.6) is 0 Å². The number of esters is 1. The summed E-state index contributed by atoms with van der Waals surface area (Å²) in [7, 11) is 0. The first-order valence-electron chi connectivity index (χ1n) is 6.90. The Kier molecular flexibility index (Phi) is 7.21. The van der Waals surface area contributed by atoms with E-state index >= 15 is 0 Å². The van der Waals surface area contributed by atoms with Gasteiger partial charge in [0.1, 0.15) is 6.04 Å². The zero-order chi connectivity index (χ0) is 12.5. The van der Waals surface area contributed by atoms with Crippen LogP contribution in [0.4, 0.5) is 0 Å². The standard InChI is InChI=1S/C13H26N2O2/c1-3-12(13(16)17-4-2)14-8-11-15-9-6-5-7-10-15/h12,14H,3-11H2,1-2H3. The Morgan fingerprint density at radius 1 is 1.29 bits per heavy atom. The summed E-state index contributed by atoms with van der Waals surface area (Å²) in [6, 6.07) is -0.139. The predicted molar refractivity (Wildman–Crippen MR) is 69.0 cm³/mol. The average Bonchev–Trinajstić information content (AvgIpc) is 2.36. The highest BCUT2D eigenvalue weighted by molar-refractivity contribution is 5.75. The van der Waals surface area contributed by atoms with E-state index in [1.54, 1.807) is 0 Å². The van der Waals surface area contributed by atoms with E-state index < -0.39 is 0 Å². The lowest BCUT2D eigenvalue weighted by Gasteiger charge is -2.27. The Bertz CT molecular complexity index is 215. The summed E-state index contributed by atoms with van der Waals surface area (Å²) in [5.41, 5.74) is 0. The highest BCUT2D eigenvalue weighted by Gasteiger charge is 2.17. The molecule has 1 atom stereocenters. The van der Waals surface area contributed by atoms with Gasteiger partial charge in [-0.15, -0.1) is 0 Å². The van der Waals surface area contributed by atoms with Crippen LogP contribution in [0.1, 0.15) is 39.5 Å². The molecular formula is C13H26N2O2. The summed E-state index contributed by atoms with van der Waals surface area (Å²) in [6.07, 6.45) is 4.79. The van der Waals surface area contributed by atoms with E-state index in [1.165, 1.54) is 32.4 Å². The zero-order valence-electron chi connectivity index (χ0n) is 11.2. The quantitative estimate of drug-likeness (QED) is 0.685. The van der Waals surface area contributed by atoms with Crippen molar-refractivity contribution in [2.75, 3.05) is 32.8 Å². The molecular weight excluding hydrogens is 216 g/mol. The minimum Gasteiger partial charge on any atom is -0.465 e. The molecule has 4 nitrogen and oxygen atoms in total. The molecule has 0 aromatic heterocycles. The molecule has 0 saturated carbocycles. The molecule has 1 unspecified atom stereocenters. The van der Waals surface area contributed by atoms with Crippen molar-refractivity contribution >= 4 is 5.97 Å². The highest BCUT2D eigenvalue weighted by Crippen LogP contribution is 2.07. The molecule has 1 saturated heterocycles. The summed E-state index contributed by atoms with van der Waals surface area (Å²) in [5.74, 6) is -0.117. The molecule has 100 valence electrons. The molecule has 0 spiro atoms. The number of nitrogens with one attached hydrogen (secondary N) is 1. The van der Waals surface area contributed by atoms with Gasteiger partial charge in [-0.05, 0) is 39.3 Å². The summed E-state index contributed by atoms with van der Waals surface area (Å²) in [4.78, 5) is 14.0. The van der Waals surface area contributed by atoms with Crippen LogP contribution in [0.25, 0.3) is 0 Å². The van der Waals surface area contributed by atoms with Crippen LogP contribution in [-0.4, -0.2) is 49.7 Å². The molecule has 1 rings (SSSR count). The Morgan fingerprint density at radius 3 is 2.59 bits per heavy atom. The van der Waals surface area contributed by atoms with Crippen LogP contribution in [0, 0.1) is 0 Å². The molecule has 0 radical (unpaired) electrons. The van der Waals surface area contributed by atoms with E-state index in [0.29, 0.717) is 6.61 Å². The molecule has 0 aliphatic carbocycles. The first-order chi connectivity index (χ1) is 8.27. The van der Waals surface area contributed by atoms with Gasteiger partial charge in [-0.3, -0.25) is 4.79 Å². The number of piperidine rings is 1. The van der Waals surface area contributed by atoms with E-state index in [1.807, 2.05) is 13.8 Å². The van der Waals surface area contributed by atoms with Gasteiger partial charge in [-0.25, -0.2) is 0 Å². The molecule has 0 aromatic rings. The number of carbonyl (C=O) groups excluding carboxylic acids is 1. The van der Waals surface area contributed by atoms with Gasteiger partial charge in [-0.2, -0.15) is 0 Å². The molecule has 0 bridgehead atoms. The van der Waals surface area contributed by atoms with Crippen molar-refractivity contribution in [3.05, 3.63) is 0 Å². The van der Waals surface area contributed by atoms with Crippen molar-refractivity contribution in [1.82, 2.24) is 10.2 Å². The van der Waals surface area contributed by atoms with Gasteiger partial charge < -0.3 is 15.0 Å². The van der Waals surface area contributed by atoms with Gasteiger partial charge in [0, 0.05) is 13.1 Å². The maximum absolute atomic E-state index is 11.6. The number of ether oxygens (including phenoxy) is 1. The molecule has 17 heavy (non-hydrogen) atoms. The number of hydrogen-bond donors (Lipinski definition) is 1. The maximum atomic E-state index is 11.6. The van der Waals surface area contributed by atoms with Crippen LogP contribution in [-0.2, 0) is 9.53 Å². The van der Waals surface area contributed by atoms with E-state index in [9.17, 15) is 4.79 Å². The lowest BCUT2D eigenvalue weighted by molar-refractivity contribution is -0.145. The fourth-order valence-corrected chi connectivity index (χ4v) is 2.22. The Morgan fingerprint density at radius 2 is 2.00 bits per heavy atom. The second kappa shape index (κ2) is 8.48. The smallest absolute Gasteiger partial charge is 0.323 e. The number of carbonyl (C=O) groups is 1. The van der Waals surface area contributed by atoms with E-state index in [0.717, 1.165) is 19.5 Å². The molecule has 1 fully saturated rings. The fraction of sp³-hybridized carbons (Fsp3) is 0.923. The second-order valence-corrected chi connectivity index (χ2v) is 4.57. The molecule has 1 N–H and O–H groups in total. The van der Waals surface area contributed by atoms with Crippen LogP contribution < -0.4 is 5.32 Å². The van der Waals surface area contributed by atoms with Crippen LogP contribution in [0.3, 0.4) is 0 Å². The number of nitrogens with zero attached hydrogens (tertiary/aromatic N) is 1. The molecule has 1 aliphatic heterocycles. The number of likely N-dealkylation sites (tertiary alicyclic amines) is 1. The van der Waals surface area contributed by atoms with Crippen molar-refractivity contribution < 1.29 is 9.53 Å². The van der Waals surface area contributed by atoms with Gasteiger partial charge in [0.15, 0.2) is 0 Å². The normalized spacial score (nSPS) is 18.9. The molecule has 1 aliphatic rings. The van der Waals surface area contributed by atoms with Crippen molar-refractivity contribution in [2.24, 2.45) is 0 Å². The Labute approximate surface area is 105 Å². The summed E-state index contributed by atoms with van der Waals surface area (Å²) in [5, 5.41) is 3.29. The lowest BCUT2D eigenvalue weighted by Crippen LogP contribution is -2.43. The third kappa shape index (κ3) is 5.50. The summed E-state index contributed by atoms with van der Waals surface area (Å²) >= 11 is 0. The van der Waals surface area contributed by atoms with Crippen molar-refractivity contribution in [3.8, 4) is 0 Å². The van der Waals surface area contributed by atoms with Crippen LogP contribution in [0.2, 0.25) is 0 Å². The summed E-state index contributed by atoms with van der Waals surface area (Å²) in [6.45, 7) is 8.64. The molecule has 4 heteroatoms. The van der Waals surface area contributed by atoms with E-state index in [-0.39, 0.29) is 12.0 Å². The van der Waals surface area contributed by atoms with Gasteiger partial charge in [0.25, 0.3) is 0 Å². The third-order valence-corrected chi connectivity index (χ3v) is 3.25. The highest BCUT2D eigenvalue weighted by atomic mass is 16.5. The molecule has 0 amide bonds. The average molecular weight is 242 g/mol. The molecule has 0 aromatic carbocycles. The first-order valence-corrected chi connectivity index (χ1v) is 6.90. The predicted octanol–water partition coefficient (Wildman–Crippen LogP) is 1.40. The van der Waals surface area contributed by atoms with Gasteiger partial charge in [0.05, 0.1) is 6.61 Å². The number of rotatable bonds is 7. The van der Waals surface area contributed by atoms with E-state index in [2.05, 4.69) is 10.2 Å². The molecule has 1 heterocycles. The van der Waals surface area contributed by atoms with E-state index in [4.69, 9.17) is 4.74 Å². The van der Waals surface area contributed by atoms with Crippen LogP contribution in [0.15, 0.2) is 0 Å². The maximum Gasteiger partial charge on any atom is 0.323 e. The second-order valence-electron chi connectivity index (χ2n) is 4.57. The SMILES string of the molecule is CCOC(=O)C(CC)NCCN1CCCCC1. The van der Waals surface area contributed by atoms with Gasteiger partial charge in [-0.1, -0.05) is 13.3 Å². The topological polar surface area (TPSA) is 41.6 Å². The minimum absolute atomic E-state index is 0.117. The van der Waals surface area contributed by atoms with Crippen molar-refractivity contribution in [2.45, 2.75) is 45.6 Å². The van der Waals surface area contributed by atoms with Gasteiger partial charge in [0.2, 0.25) is 0 Å². The Balaban J connectivity index is 2.16. The lowest BCUT2D eigenvalue weighted by atomic mass is 10.1. The minimum atomic E-state index is -0.139. The number of hydrogen-bond acceptors (Lipinski definition) is 4. The third-order valence-electron chi connectivity index (χ3n) is 3.25. The monoisotopic (exact) mass is 242 g/mol.